The highest BCUT2D eigenvalue weighted by atomic mass is 16.5. The quantitative estimate of drug-likeness (QED) is 0.384. The summed E-state index contributed by atoms with van der Waals surface area (Å²) in [5, 5.41) is 2.79. The maximum absolute atomic E-state index is 12.1. The Morgan fingerprint density at radius 1 is 1.10 bits per heavy atom. The van der Waals surface area contributed by atoms with Crippen LogP contribution in [0.2, 0.25) is 0 Å². The molecule has 0 spiro atoms. The predicted octanol–water partition coefficient (Wildman–Crippen LogP) is 4.80. The van der Waals surface area contributed by atoms with Crippen molar-refractivity contribution in [3.8, 4) is 0 Å². The van der Waals surface area contributed by atoms with Crippen molar-refractivity contribution in [2.45, 2.75) is 20.0 Å². The molecular formula is C24H31N3O2. The van der Waals surface area contributed by atoms with Gasteiger partial charge in [-0.15, -0.1) is 0 Å². The zero-order valence-electron chi connectivity index (χ0n) is 17.8. The topological polar surface area (TPSA) is 67.6 Å². The fraction of sp³-hybridized carbons (Fsp3) is 0.292. The van der Waals surface area contributed by atoms with Crippen molar-refractivity contribution < 1.29 is 9.53 Å². The van der Waals surface area contributed by atoms with Crippen LogP contribution in [0.5, 0.6) is 0 Å². The van der Waals surface area contributed by atoms with E-state index in [9.17, 15) is 4.79 Å². The lowest BCUT2D eigenvalue weighted by molar-refractivity contribution is -0.111. The minimum Gasteiger partial charge on any atom is -0.397 e. The van der Waals surface area contributed by atoms with Gasteiger partial charge >= 0.3 is 0 Å². The lowest BCUT2D eigenvalue weighted by atomic mass is 9.95. The normalized spacial score (nSPS) is 13.9. The largest absolute Gasteiger partial charge is 0.397 e. The van der Waals surface area contributed by atoms with Crippen LogP contribution in [0.4, 0.5) is 17.1 Å². The average molecular weight is 394 g/mol. The number of carbonyl (C=O) groups is 1. The smallest absolute Gasteiger partial charge is 0.248 e. The Bertz CT molecular complexity index is 870. The Hall–Kier alpha value is -3.05. The van der Waals surface area contributed by atoms with Gasteiger partial charge in [0.05, 0.1) is 17.5 Å². The van der Waals surface area contributed by atoms with E-state index in [2.05, 4.69) is 47.5 Å². The highest BCUT2D eigenvalue weighted by Gasteiger charge is 2.17. The summed E-state index contributed by atoms with van der Waals surface area (Å²) >= 11 is 0. The minimum atomic E-state index is -0.217. The maximum atomic E-state index is 12.1. The number of hydrogen-bond donors (Lipinski definition) is 2. The van der Waals surface area contributed by atoms with Crippen LogP contribution in [0.25, 0.3) is 0 Å². The number of para-hydroxylation sites is 2. The molecule has 2 rings (SSSR count). The van der Waals surface area contributed by atoms with Crippen molar-refractivity contribution in [3.05, 3.63) is 77.9 Å². The lowest BCUT2D eigenvalue weighted by Gasteiger charge is -2.22. The Balaban J connectivity index is 2.03. The molecule has 29 heavy (non-hydrogen) atoms. The molecule has 0 bridgehead atoms. The molecule has 0 aliphatic rings. The van der Waals surface area contributed by atoms with Crippen LogP contribution >= 0.6 is 0 Å². The van der Waals surface area contributed by atoms with E-state index in [-0.39, 0.29) is 17.9 Å². The van der Waals surface area contributed by atoms with Crippen molar-refractivity contribution in [1.29, 1.82) is 0 Å². The first-order valence-electron chi connectivity index (χ1n) is 9.64. The number of nitrogens with zero attached hydrogens (tertiary/aromatic N) is 1. The molecule has 154 valence electrons. The molecule has 0 radical (unpaired) electrons. The summed E-state index contributed by atoms with van der Waals surface area (Å²) in [7, 11) is 5.76. The van der Waals surface area contributed by atoms with Gasteiger partial charge in [-0.05, 0) is 36.8 Å². The van der Waals surface area contributed by atoms with Crippen LogP contribution in [0.3, 0.4) is 0 Å². The number of benzene rings is 2. The van der Waals surface area contributed by atoms with Gasteiger partial charge in [-0.3, -0.25) is 4.79 Å². The molecule has 0 aromatic heterocycles. The minimum absolute atomic E-state index is 0.0625. The molecule has 5 nitrogen and oxygen atoms in total. The van der Waals surface area contributed by atoms with E-state index < -0.39 is 0 Å². The second kappa shape index (κ2) is 10.5. The zero-order chi connectivity index (χ0) is 21.4. The van der Waals surface area contributed by atoms with Gasteiger partial charge in [-0.1, -0.05) is 48.9 Å². The van der Waals surface area contributed by atoms with Crippen LogP contribution in [0.15, 0.2) is 72.3 Å². The number of anilines is 3. The van der Waals surface area contributed by atoms with E-state index in [1.165, 1.54) is 6.08 Å². The summed E-state index contributed by atoms with van der Waals surface area (Å²) in [5.41, 5.74) is 10.3. The number of rotatable bonds is 8. The highest BCUT2D eigenvalue weighted by molar-refractivity contribution is 6.01. The van der Waals surface area contributed by atoms with Gasteiger partial charge in [0, 0.05) is 38.9 Å². The molecule has 0 aliphatic heterocycles. The van der Waals surface area contributed by atoms with Gasteiger partial charge in [0.1, 0.15) is 0 Å². The Kier molecular flexibility index (Phi) is 8.04. The first-order valence-corrected chi connectivity index (χ1v) is 9.64. The van der Waals surface area contributed by atoms with Gasteiger partial charge in [-0.25, -0.2) is 0 Å². The van der Waals surface area contributed by atoms with Crippen LogP contribution in [-0.4, -0.2) is 27.1 Å². The molecule has 0 aliphatic carbocycles. The lowest BCUT2D eigenvalue weighted by Crippen LogP contribution is -2.12. The molecule has 2 unspecified atom stereocenters. The Morgan fingerprint density at radius 3 is 2.34 bits per heavy atom. The van der Waals surface area contributed by atoms with E-state index >= 15 is 0 Å². The first-order chi connectivity index (χ1) is 13.8. The van der Waals surface area contributed by atoms with Crippen LogP contribution in [-0.2, 0) is 9.53 Å². The second-order valence-corrected chi connectivity index (χ2v) is 7.32. The molecular weight excluding hydrogens is 362 g/mol. The Morgan fingerprint density at radius 2 is 1.76 bits per heavy atom. The third-order valence-corrected chi connectivity index (χ3v) is 4.71. The van der Waals surface area contributed by atoms with Gasteiger partial charge in [0.25, 0.3) is 0 Å². The zero-order valence-corrected chi connectivity index (χ0v) is 17.8. The summed E-state index contributed by atoms with van der Waals surface area (Å²) in [4.78, 5) is 14.2. The van der Waals surface area contributed by atoms with Crippen LogP contribution < -0.4 is 16.0 Å². The molecule has 1 amide bonds. The summed E-state index contributed by atoms with van der Waals surface area (Å²) in [6, 6.07) is 15.5. The first kappa shape index (κ1) is 22.2. The molecule has 3 N–H and O–H groups in total. The second-order valence-electron chi connectivity index (χ2n) is 7.32. The number of allylic oxidation sites excluding steroid dienone is 2. The summed E-state index contributed by atoms with van der Waals surface area (Å²) in [6.07, 6.45) is 5.35. The molecule has 0 heterocycles. The van der Waals surface area contributed by atoms with Crippen molar-refractivity contribution in [3.63, 3.8) is 0 Å². The molecule has 2 aromatic carbocycles. The third kappa shape index (κ3) is 6.50. The fourth-order valence-corrected chi connectivity index (χ4v) is 3.17. The summed E-state index contributed by atoms with van der Waals surface area (Å²) < 4.78 is 5.74. The fourth-order valence-electron chi connectivity index (χ4n) is 3.17. The standard InChI is InChI=1S/C24H31N3O2/c1-17(10-15-23(28)26-22-9-7-6-8-21(22)25)16-18(2)24(29-5)19-11-13-20(14-12-19)27(3)4/h6-16,18,24H,25H2,1-5H3,(H,26,28)/b15-10+,17-16+. The van der Waals surface area contributed by atoms with Gasteiger partial charge in [0.2, 0.25) is 5.91 Å². The number of nitrogens with one attached hydrogen (secondary N) is 1. The SMILES string of the molecule is COC(c1ccc(N(C)C)cc1)C(C)/C=C(C)/C=C/C(=O)Nc1ccccc1N. The van der Waals surface area contributed by atoms with Crippen LogP contribution in [0.1, 0.15) is 25.5 Å². The molecule has 0 fully saturated rings. The van der Waals surface area contributed by atoms with Crippen molar-refractivity contribution in [2.75, 3.05) is 37.2 Å². The van der Waals surface area contributed by atoms with E-state index in [1.54, 1.807) is 25.3 Å². The van der Waals surface area contributed by atoms with E-state index in [4.69, 9.17) is 10.5 Å². The number of ether oxygens (including phenoxy) is 1. The number of carbonyl (C=O) groups excluding carboxylic acids is 1. The summed E-state index contributed by atoms with van der Waals surface area (Å²) in [6.45, 7) is 4.08. The van der Waals surface area contributed by atoms with Crippen molar-refractivity contribution >= 4 is 23.0 Å². The van der Waals surface area contributed by atoms with Crippen molar-refractivity contribution in [2.24, 2.45) is 5.92 Å². The number of hydrogen-bond acceptors (Lipinski definition) is 4. The number of nitrogen functional groups attached to an aromatic ring is 1. The average Bonchev–Trinajstić information content (AvgIpc) is 2.69. The number of methoxy groups -OCH3 is 1. The van der Waals surface area contributed by atoms with Crippen LogP contribution in [0, 0.1) is 5.92 Å². The third-order valence-electron chi connectivity index (χ3n) is 4.71. The summed E-state index contributed by atoms with van der Waals surface area (Å²) in [5.74, 6) is -0.0754. The van der Waals surface area contributed by atoms with E-state index in [1.807, 2.05) is 33.2 Å². The highest BCUT2D eigenvalue weighted by Crippen LogP contribution is 2.28. The molecule has 0 saturated heterocycles. The maximum Gasteiger partial charge on any atom is 0.248 e. The van der Waals surface area contributed by atoms with Crippen molar-refractivity contribution in [1.82, 2.24) is 0 Å². The molecule has 0 saturated carbocycles. The van der Waals surface area contributed by atoms with E-state index in [0.717, 1.165) is 16.8 Å². The molecule has 2 atom stereocenters. The Labute approximate surface area is 173 Å². The van der Waals surface area contributed by atoms with E-state index in [0.29, 0.717) is 11.4 Å². The van der Waals surface area contributed by atoms with Gasteiger partial charge < -0.3 is 20.7 Å². The molecule has 2 aromatic rings. The van der Waals surface area contributed by atoms with Gasteiger partial charge in [0.15, 0.2) is 0 Å². The monoisotopic (exact) mass is 393 g/mol. The number of nitrogens with two attached hydrogens (primary N) is 1. The predicted molar refractivity (Wildman–Crippen MR) is 122 cm³/mol. The molecule has 5 heteroatoms. The number of amides is 1. The van der Waals surface area contributed by atoms with Gasteiger partial charge in [-0.2, -0.15) is 0 Å².